The van der Waals surface area contributed by atoms with E-state index in [0.29, 0.717) is 0 Å². The molecule has 0 amide bonds. The normalized spacial score (nSPS) is 10.9. The van der Waals surface area contributed by atoms with Crippen LogP contribution in [0.4, 0.5) is 5.82 Å². The molecule has 0 bridgehead atoms. The largest absolute Gasteiger partial charge is 0.373 e. The number of halogens is 1. The van der Waals surface area contributed by atoms with Gasteiger partial charge in [0.15, 0.2) is 11.5 Å². The lowest BCUT2D eigenvalue weighted by Crippen LogP contribution is -1.91. The zero-order chi connectivity index (χ0) is 11.8. The van der Waals surface area contributed by atoms with Crippen molar-refractivity contribution in [1.82, 2.24) is 15.0 Å². The molecule has 3 aromatic rings. The van der Waals surface area contributed by atoms with Crippen LogP contribution in [0.5, 0.6) is 0 Å². The van der Waals surface area contributed by atoms with E-state index in [1.54, 1.807) is 11.3 Å². The van der Waals surface area contributed by atoms with Crippen LogP contribution in [0.3, 0.4) is 0 Å². The highest BCUT2D eigenvalue weighted by atomic mass is 79.9. The Morgan fingerprint density at radius 3 is 2.82 bits per heavy atom. The van der Waals surface area contributed by atoms with E-state index in [1.807, 2.05) is 31.3 Å². The van der Waals surface area contributed by atoms with Crippen molar-refractivity contribution in [1.29, 1.82) is 0 Å². The van der Waals surface area contributed by atoms with Gasteiger partial charge in [-0.3, -0.25) is 0 Å². The van der Waals surface area contributed by atoms with Crippen molar-refractivity contribution in [2.75, 3.05) is 12.4 Å². The molecule has 86 valence electrons. The molecule has 0 aliphatic rings. The predicted octanol–water partition coefficient (Wildman–Crippen LogP) is 3.49. The molecule has 0 atom stereocenters. The quantitative estimate of drug-likeness (QED) is 0.762. The Morgan fingerprint density at radius 1 is 1.24 bits per heavy atom. The number of nitrogens with one attached hydrogen (secondary N) is 2. The Balaban J connectivity index is 2.13. The number of aromatic amines is 1. The third kappa shape index (κ3) is 1.94. The van der Waals surface area contributed by atoms with Crippen LogP contribution in [0.15, 0.2) is 28.1 Å². The minimum atomic E-state index is 0.733. The van der Waals surface area contributed by atoms with Crippen LogP contribution in [-0.2, 0) is 0 Å². The second-order valence-electron chi connectivity index (χ2n) is 3.51. The Labute approximate surface area is 110 Å². The molecule has 6 heteroatoms. The number of hydrogen-bond donors (Lipinski definition) is 2. The van der Waals surface area contributed by atoms with Crippen molar-refractivity contribution >= 4 is 44.2 Å². The van der Waals surface area contributed by atoms with Crippen LogP contribution >= 0.6 is 27.3 Å². The van der Waals surface area contributed by atoms with Crippen LogP contribution in [0, 0.1) is 0 Å². The van der Waals surface area contributed by atoms with E-state index in [9.17, 15) is 0 Å². The van der Waals surface area contributed by atoms with Crippen LogP contribution < -0.4 is 5.32 Å². The fraction of sp³-hybridized carbons (Fsp3) is 0.0909. The molecule has 0 aliphatic carbocycles. The van der Waals surface area contributed by atoms with Gasteiger partial charge in [0, 0.05) is 7.05 Å². The molecule has 0 saturated heterocycles. The summed E-state index contributed by atoms with van der Waals surface area (Å²) in [5, 5.41) is 3.00. The first-order valence-electron chi connectivity index (χ1n) is 5.06. The SMILES string of the molecule is CNc1ccc2[nH]c(-c3ccc(Br)s3)nc2n1. The van der Waals surface area contributed by atoms with E-state index in [1.165, 1.54) is 0 Å². The molecule has 0 unspecified atom stereocenters. The van der Waals surface area contributed by atoms with Crippen LogP contribution in [0.1, 0.15) is 0 Å². The molecule has 3 heterocycles. The van der Waals surface area contributed by atoms with Crippen molar-refractivity contribution < 1.29 is 0 Å². The van der Waals surface area contributed by atoms with E-state index < -0.39 is 0 Å². The van der Waals surface area contributed by atoms with Gasteiger partial charge >= 0.3 is 0 Å². The molecule has 3 rings (SSSR count). The first kappa shape index (κ1) is 10.7. The number of nitrogens with zero attached hydrogens (tertiary/aromatic N) is 2. The van der Waals surface area contributed by atoms with Crippen LogP contribution in [0.2, 0.25) is 0 Å². The van der Waals surface area contributed by atoms with Gasteiger partial charge in [-0.25, -0.2) is 9.97 Å². The average Bonchev–Trinajstić information content (AvgIpc) is 2.93. The molecule has 17 heavy (non-hydrogen) atoms. The number of imidazole rings is 1. The third-order valence-electron chi connectivity index (χ3n) is 2.41. The van der Waals surface area contributed by atoms with Crippen molar-refractivity contribution in [3.63, 3.8) is 0 Å². The number of aromatic nitrogens is 3. The molecule has 0 spiro atoms. The fourth-order valence-corrected chi connectivity index (χ4v) is 2.92. The monoisotopic (exact) mass is 308 g/mol. The Morgan fingerprint density at radius 2 is 2.12 bits per heavy atom. The Hall–Kier alpha value is -1.40. The third-order valence-corrected chi connectivity index (χ3v) is 4.04. The number of pyridine rings is 1. The number of rotatable bonds is 2. The summed E-state index contributed by atoms with van der Waals surface area (Å²) >= 11 is 5.09. The average molecular weight is 309 g/mol. The van der Waals surface area contributed by atoms with E-state index in [2.05, 4.69) is 36.2 Å². The van der Waals surface area contributed by atoms with Crippen LogP contribution in [-0.4, -0.2) is 22.0 Å². The van der Waals surface area contributed by atoms with Gasteiger partial charge in [-0.2, -0.15) is 0 Å². The summed E-state index contributed by atoms with van der Waals surface area (Å²) in [5.74, 6) is 1.68. The number of fused-ring (bicyclic) bond motifs is 1. The Kier molecular flexibility index (Phi) is 2.60. The lowest BCUT2D eigenvalue weighted by atomic mass is 10.4. The van der Waals surface area contributed by atoms with E-state index >= 15 is 0 Å². The lowest BCUT2D eigenvalue weighted by molar-refractivity contribution is 1.29. The molecule has 0 aromatic carbocycles. The molecule has 3 aromatic heterocycles. The Bertz CT molecular complexity index is 673. The highest BCUT2D eigenvalue weighted by Gasteiger charge is 2.08. The van der Waals surface area contributed by atoms with Gasteiger partial charge in [0.25, 0.3) is 0 Å². The summed E-state index contributed by atoms with van der Waals surface area (Å²) in [4.78, 5) is 13.2. The van der Waals surface area contributed by atoms with Gasteiger partial charge in [0.2, 0.25) is 0 Å². The van der Waals surface area contributed by atoms with Gasteiger partial charge in [-0.15, -0.1) is 11.3 Å². The number of hydrogen-bond acceptors (Lipinski definition) is 4. The van der Waals surface area contributed by atoms with Gasteiger partial charge in [0.05, 0.1) is 14.2 Å². The van der Waals surface area contributed by atoms with Crippen molar-refractivity contribution in [2.45, 2.75) is 0 Å². The minimum Gasteiger partial charge on any atom is -0.373 e. The molecule has 0 radical (unpaired) electrons. The summed E-state index contributed by atoms with van der Waals surface area (Å²) in [6.07, 6.45) is 0. The smallest absolute Gasteiger partial charge is 0.180 e. The molecule has 0 fully saturated rings. The van der Waals surface area contributed by atoms with Gasteiger partial charge < -0.3 is 10.3 Å². The maximum Gasteiger partial charge on any atom is 0.180 e. The second kappa shape index (κ2) is 4.12. The van der Waals surface area contributed by atoms with Crippen molar-refractivity contribution in [2.24, 2.45) is 0 Å². The predicted molar refractivity (Wildman–Crippen MR) is 74.4 cm³/mol. The topological polar surface area (TPSA) is 53.6 Å². The van der Waals surface area contributed by atoms with Gasteiger partial charge in [-0.05, 0) is 40.2 Å². The standard InChI is InChI=1S/C11H9BrN4S/c1-13-9-5-2-6-10(15-9)16-11(14-6)7-3-4-8(12)17-7/h2-5H,1H3,(H2,13,14,15,16). The summed E-state index contributed by atoms with van der Waals surface area (Å²) in [6, 6.07) is 7.95. The highest BCUT2D eigenvalue weighted by Crippen LogP contribution is 2.30. The maximum atomic E-state index is 4.49. The van der Waals surface area contributed by atoms with E-state index in [4.69, 9.17) is 0 Å². The van der Waals surface area contributed by atoms with Crippen molar-refractivity contribution in [3.05, 3.63) is 28.1 Å². The van der Waals surface area contributed by atoms with Crippen LogP contribution in [0.25, 0.3) is 21.9 Å². The zero-order valence-corrected chi connectivity index (χ0v) is 11.4. The molecular formula is C11H9BrN4S. The minimum absolute atomic E-state index is 0.733. The van der Waals surface area contributed by atoms with E-state index in [-0.39, 0.29) is 0 Å². The van der Waals surface area contributed by atoms with Gasteiger partial charge in [0.1, 0.15) is 5.82 Å². The molecule has 4 nitrogen and oxygen atoms in total. The highest BCUT2D eigenvalue weighted by molar-refractivity contribution is 9.11. The zero-order valence-electron chi connectivity index (χ0n) is 8.99. The molecular weight excluding hydrogens is 300 g/mol. The maximum absolute atomic E-state index is 4.49. The lowest BCUT2D eigenvalue weighted by Gasteiger charge is -1.95. The fourth-order valence-electron chi connectivity index (χ4n) is 1.59. The van der Waals surface area contributed by atoms with Gasteiger partial charge in [-0.1, -0.05) is 0 Å². The molecule has 2 N–H and O–H groups in total. The first-order valence-corrected chi connectivity index (χ1v) is 6.67. The summed E-state index contributed by atoms with van der Waals surface area (Å²) in [5.41, 5.74) is 1.68. The number of thiophene rings is 1. The second-order valence-corrected chi connectivity index (χ2v) is 5.97. The molecule has 0 aliphatic heterocycles. The first-order chi connectivity index (χ1) is 8.26. The molecule has 0 saturated carbocycles. The number of H-pyrrole nitrogens is 1. The number of anilines is 1. The van der Waals surface area contributed by atoms with E-state index in [0.717, 1.165) is 31.5 Å². The summed E-state index contributed by atoms with van der Waals surface area (Å²) < 4.78 is 1.09. The summed E-state index contributed by atoms with van der Waals surface area (Å²) in [7, 11) is 1.85. The summed E-state index contributed by atoms with van der Waals surface area (Å²) in [6.45, 7) is 0. The van der Waals surface area contributed by atoms with Crippen molar-refractivity contribution in [3.8, 4) is 10.7 Å².